The van der Waals surface area contributed by atoms with E-state index in [0.29, 0.717) is 27.8 Å². The first-order chi connectivity index (χ1) is 15.9. The van der Waals surface area contributed by atoms with E-state index in [1.807, 2.05) is 0 Å². The molecule has 166 valence electrons. The van der Waals surface area contributed by atoms with Gasteiger partial charge in [0.2, 0.25) is 0 Å². The first-order valence-corrected chi connectivity index (χ1v) is 10.2. The first-order valence-electron chi connectivity index (χ1n) is 9.80. The average Bonchev–Trinajstić information content (AvgIpc) is 3.24. The lowest BCUT2D eigenvalue weighted by atomic mass is 10.1. The Hall–Kier alpha value is -4.24. The summed E-state index contributed by atoms with van der Waals surface area (Å²) >= 11 is 6.04. The van der Waals surface area contributed by atoms with Crippen molar-refractivity contribution in [3.8, 4) is 5.69 Å². The maximum Gasteiger partial charge on any atom is 0.323 e. The van der Waals surface area contributed by atoms with Crippen LogP contribution in [0.25, 0.3) is 5.69 Å². The normalized spacial score (nSPS) is 10.5. The van der Waals surface area contributed by atoms with Crippen LogP contribution in [0.5, 0.6) is 0 Å². The van der Waals surface area contributed by atoms with Crippen LogP contribution in [0.15, 0.2) is 73.2 Å². The van der Waals surface area contributed by atoms with Crippen LogP contribution in [-0.4, -0.2) is 26.7 Å². The number of para-hydroxylation sites is 1. The van der Waals surface area contributed by atoms with Gasteiger partial charge in [0.05, 0.1) is 40.0 Å². The van der Waals surface area contributed by atoms with E-state index in [-0.39, 0.29) is 5.56 Å². The molecule has 0 atom stereocenters. The summed E-state index contributed by atoms with van der Waals surface area (Å²) < 4.78 is 15.8. The van der Waals surface area contributed by atoms with Gasteiger partial charge < -0.3 is 16.0 Å². The van der Waals surface area contributed by atoms with E-state index in [9.17, 15) is 14.0 Å². The number of carbonyl (C=O) groups is 2. The smallest absolute Gasteiger partial charge is 0.322 e. The molecule has 0 radical (unpaired) electrons. The van der Waals surface area contributed by atoms with E-state index in [0.717, 1.165) is 5.69 Å². The van der Waals surface area contributed by atoms with Crippen LogP contribution in [-0.2, 0) is 0 Å². The molecule has 2 aromatic carbocycles. The van der Waals surface area contributed by atoms with E-state index in [1.165, 1.54) is 35.3 Å². The van der Waals surface area contributed by atoms with Gasteiger partial charge in [0.1, 0.15) is 5.82 Å². The number of anilines is 3. The van der Waals surface area contributed by atoms with Crippen molar-refractivity contribution in [2.45, 2.75) is 6.92 Å². The van der Waals surface area contributed by atoms with Crippen molar-refractivity contribution in [3.05, 3.63) is 95.3 Å². The van der Waals surface area contributed by atoms with Crippen LogP contribution in [0.1, 0.15) is 16.1 Å². The minimum atomic E-state index is -0.674. The Morgan fingerprint density at radius 3 is 2.61 bits per heavy atom. The number of aromatic nitrogens is 3. The number of benzene rings is 2. The number of carbonyl (C=O) groups excluding carboxylic acids is 2. The van der Waals surface area contributed by atoms with Crippen LogP contribution in [0.2, 0.25) is 5.02 Å². The van der Waals surface area contributed by atoms with Gasteiger partial charge in [-0.3, -0.25) is 9.78 Å². The molecular formula is C23H18ClFN6O2. The number of nitrogens with one attached hydrogen (secondary N) is 3. The van der Waals surface area contributed by atoms with Crippen LogP contribution in [0.3, 0.4) is 0 Å². The molecule has 0 aliphatic rings. The molecule has 0 aliphatic carbocycles. The van der Waals surface area contributed by atoms with Crippen molar-refractivity contribution >= 4 is 40.6 Å². The molecule has 3 N–H and O–H groups in total. The fourth-order valence-electron chi connectivity index (χ4n) is 3.03. The number of halogens is 2. The van der Waals surface area contributed by atoms with Gasteiger partial charge in [-0.25, -0.2) is 13.9 Å². The lowest BCUT2D eigenvalue weighted by Crippen LogP contribution is -2.19. The fraction of sp³-hybridized carbons (Fsp3) is 0.0435. The highest BCUT2D eigenvalue weighted by Gasteiger charge is 2.15. The number of hydrogen-bond acceptors (Lipinski definition) is 4. The van der Waals surface area contributed by atoms with Gasteiger partial charge in [-0.2, -0.15) is 5.10 Å². The molecule has 0 aliphatic heterocycles. The first kappa shape index (κ1) is 22.0. The topological polar surface area (TPSA) is 101 Å². The van der Waals surface area contributed by atoms with E-state index < -0.39 is 17.8 Å². The average molecular weight is 465 g/mol. The SMILES string of the molecule is Cc1cc(NC(=O)c2cc(-n3cc(NC(=O)Nc4ccccc4Cl)cn3)ccc2F)ccn1. The number of urea groups is 1. The maximum absolute atomic E-state index is 14.4. The zero-order chi connectivity index (χ0) is 23.4. The predicted octanol–water partition coefficient (Wildman–Crippen LogP) is 5.26. The van der Waals surface area contributed by atoms with Gasteiger partial charge in [0, 0.05) is 17.6 Å². The third-order valence-corrected chi connectivity index (χ3v) is 4.91. The zero-order valence-electron chi connectivity index (χ0n) is 17.3. The van der Waals surface area contributed by atoms with Crippen molar-refractivity contribution in [3.63, 3.8) is 0 Å². The number of rotatable bonds is 5. The molecule has 0 bridgehead atoms. The van der Waals surface area contributed by atoms with Crippen molar-refractivity contribution in [2.24, 2.45) is 0 Å². The molecule has 0 fully saturated rings. The molecule has 8 nitrogen and oxygen atoms in total. The second-order valence-corrected chi connectivity index (χ2v) is 7.44. The summed E-state index contributed by atoms with van der Waals surface area (Å²) in [6, 6.07) is 13.7. The highest BCUT2D eigenvalue weighted by molar-refractivity contribution is 6.33. The van der Waals surface area contributed by atoms with E-state index in [1.54, 1.807) is 49.5 Å². The van der Waals surface area contributed by atoms with Gasteiger partial charge in [-0.05, 0) is 49.4 Å². The summed E-state index contributed by atoms with van der Waals surface area (Å²) in [5, 5.41) is 12.5. The molecule has 0 saturated carbocycles. The van der Waals surface area contributed by atoms with Gasteiger partial charge >= 0.3 is 6.03 Å². The fourth-order valence-corrected chi connectivity index (χ4v) is 3.21. The summed E-state index contributed by atoms with van der Waals surface area (Å²) in [4.78, 5) is 28.9. The zero-order valence-corrected chi connectivity index (χ0v) is 18.1. The minimum Gasteiger partial charge on any atom is -0.322 e. The van der Waals surface area contributed by atoms with E-state index in [2.05, 4.69) is 26.0 Å². The molecule has 4 rings (SSSR count). The molecule has 2 heterocycles. The standard InChI is InChI=1S/C23H18ClFN6O2/c1-14-10-15(8-9-26-14)28-22(32)18-11-17(6-7-20(18)25)31-13-16(12-27-31)29-23(33)30-21-5-3-2-4-19(21)24/h2-13H,1H3,(H,26,28,32)(H2,29,30,33). The van der Waals surface area contributed by atoms with Crippen molar-refractivity contribution < 1.29 is 14.0 Å². The maximum atomic E-state index is 14.4. The van der Waals surface area contributed by atoms with Gasteiger partial charge in [0.25, 0.3) is 5.91 Å². The Balaban J connectivity index is 1.48. The molecule has 2 aromatic heterocycles. The summed E-state index contributed by atoms with van der Waals surface area (Å²) in [6.07, 6.45) is 4.51. The Kier molecular flexibility index (Phi) is 6.32. The largest absolute Gasteiger partial charge is 0.323 e. The third kappa shape index (κ3) is 5.34. The Morgan fingerprint density at radius 2 is 1.82 bits per heavy atom. The Morgan fingerprint density at radius 1 is 1.00 bits per heavy atom. The van der Waals surface area contributed by atoms with Crippen LogP contribution in [0.4, 0.5) is 26.2 Å². The third-order valence-electron chi connectivity index (χ3n) is 4.58. The number of nitrogens with zero attached hydrogens (tertiary/aromatic N) is 3. The number of hydrogen-bond donors (Lipinski definition) is 3. The van der Waals surface area contributed by atoms with Crippen molar-refractivity contribution in [1.29, 1.82) is 0 Å². The van der Waals surface area contributed by atoms with Crippen LogP contribution in [0, 0.1) is 12.7 Å². The Bertz CT molecular complexity index is 1340. The van der Waals surface area contributed by atoms with E-state index >= 15 is 0 Å². The summed E-state index contributed by atoms with van der Waals surface area (Å²) in [5.41, 5.74) is 2.37. The summed E-state index contributed by atoms with van der Waals surface area (Å²) in [6.45, 7) is 1.79. The molecule has 0 spiro atoms. The lowest BCUT2D eigenvalue weighted by Gasteiger charge is -2.09. The molecule has 0 saturated heterocycles. The second kappa shape index (κ2) is 9.49. The summed E-state index contributed by atoms with van der Waals surface area (Å²) in [7, 11) is 0. The number of aryl methyl sites for hydroxylation is 1. The van der Waals surface area contributed by atoms with Crippen molar-refractivity contribution in [2.75, 3.05) is 16.0 Å². The van der Waals surface area contributed by atoms with Crippen molar-refractivity contribution in [1.82, 2.24) is 14.8 Å². The highest BCUT2D eigenvalue weighted by Crippen LogP contribution is 2.21. The summed E-state index contributed by atoms with van der Waals surface area (Å²) in [5.74, 6) is -1.28. The number of pyridine rings is 1. The molecule has 10 heteroatoms. The van der Waals surface area contributed by atoms with Gasteiger partial charge in [-0.15, -0.1) is 0 Å². The highest BCUT2D eigenvalue weighted by atomic mass is 35.5. The molecule has 3 amide bonds. The quantitative estimate of drug-likeness (QED) is 0.374. The van der Waals surface area contributed by atoms with Crippen LogP contribution >= 0.6 is 11.6 Å². The lowest BCUT2D eigenvalue weighted by molar-refractivity contribution is 0.102. The molecule has 4 aromatic rings. The number of amides is 3. The predicted molar refractivity (Wildman–Crippen MR) is 125 cm³/mol. The monoisotopic (exact) mass is 464 g/mol. The minimum absolute atomic E-state index is 0.150. The van der Waals surface area contributed by atoms with Gasteiger partial charge in [0.15, 0.2) is 0 Å². The van der Waals surface area contributed by atoms with E-state index in [4.69, 9.17) is 11.6 Å². The molecular weight excluding hydrogens is 447 g/mol. The Labute approximate surface area is 193 Å². The molecule has 0 unspecified atom stereocenters. The van der Waals surface area contributed by atoms with Gasteiger partial charge in [-0.1, -0.05) is 23.7 Å². The molecule has 33 heavy (non-hydrogen) atoms. The van der Waals surface area contributed by atoms with Crippen LogP contribution < -0.4 is 16.0 Å². The second-order valence-electron chi connectivity index (χ2n) is 7.04.